The number of rotatable bonds is 3. The van der Waals surface area contributed by atoms with Gasteiger partial charge in [0.05, 0.1) is 11.8 Å². The fourth-order valence-corrected chi connectivity index (χ4v) is 2.63. The number of amides is 2. The van der Waals surface area contributed by atoms with Gasteiger partial charge in [0.1, 0.15) is 0 Å². The first kappa shape index (κ1) is 19.7. The second-order valence-corrected chi connectivity index (χ2v) is 6.31. The lowest BCUT2D eigenvalue weighted by Crippen LogP contribution is -2.32. The van der Waals surface area contributed by atoms with Crippen LogP contribution in [0.25, 0.3) is 0 Å². The number of hydrogen-bond acceptors (Lipinski definition) is 5. The number of anilines is 1. The molecule has 28 heavy (non-hydrogen) atoms. The number of ether oxygens (including phenoxy) is 2. The Kier molecular flexibility index (Phi) is 5.54. The molecule has 1 heterocycles. The van der Waals surface area contributed by atoms with Crippen LogP contribution in [0.5, 0.6) is 11.5 Å². The number of benzene rings is 2. The molecular formula is C17H11BrF3N3O4. The third-order valence-electron chi connectivity index (χ3n) is 3.52. The van der Waals surface area contributed by atoms with Crippen LogP contribution in [0.15, 0.2) is 46.0 Å². The number of alkyl halides is 3. The first-order chi connectivity index (χ1) is 13.2. The highest BCUT2D eigenvalue weighted by Crippen LogP contribution is 2.36. The maximum atomic E-state index is 12.7. The van der Waals surface area contributed by atoms with Crippen LogP contribution in [0, 0.1) is 0 Å². The summed E-state index contributed by atoms with van der Waals surface area (Å²) in [4.78, 5) is 23.6. The minimum atomic E-state index is -4.56. The number of carbonyl (C=O) groups excluding carboxylic acids is 2. The highest BCUT2D eigenvalue weighted by atomic mass is 79.9. The maximum absolute atomic E-state index is 12.7. The molecule has 0 spiro atoms. The Morgan fingerprint density at radius 1 is 1.11 bits per heavy atom. The molecular weight excluding hydrogens is 447 g/mol. The monoisotopic (exact) mass is 457 g/mol. The quantitative estimate of drug-likeness (QED) is 0.420. The fourth-order valence-electron chi connectivity index (χ4n) is 2.20. The highest BCUT2D eigenvalue weighted by molar-refractivity contribution is 9.10. The molecule has 0 aromatic heterocycles. The van der Waals surface area contributed by atoms with Crippen LogP contribution in [0.3, 0.4) is 0 Å². The Hall–Kier alpha value is -3.08. The van der Waals surface area contributed by atoms with Gasteiger partial charge in [-0.1, -0.05) is 6.07 Å². The third-order valence-corrected chi connectivity index (χ3v) is 4.20. The van der Waals surface area contributed by atoms with E-state index in [1.165, 1.54) is 12.3 Å². The van der Waals surface area contributed by atoms with Gasteiger partial charge in [-0.2, -0.15) is 18.3 Å². The number of hydrogen-bond donors (Lipinski definition) is 2. The van der Waals surface area contributed by atoms with E-state index in [0.717, 1.165) is 18.2 Å². The molecule has 146 valence electrons. The lowest BCUT2D eigenvalue weighted by molar-refractivity contribution is -0.137. The lowest BCUT2D eigenvalue weighted by atomic mass is 10.2. The average Bonchev–Trinajstić information content (AvgIpc) is 3.08. The van der Waals surface area contributed by atoms with Crippen LogP contribution in [-0.2, 0) is 15.8 Å². The molecule has 3 rings (SSSR count). The Morgan fingerprint density at radius 3 is 2.54 bits per heavy atom. The van der Waals surface area contributed by atoms with Gasteiger partial charge in [-0.3, -0.25) is 9.59 Å². The summed E-state index contributed by atoms with van der Waals surface area (Å²) in [6.45, 7) is 0.0921. The largest absolute Gasteiger partial charge is 0.454 e. The first-order valence-electron chi connectivity index (χ1n) is 7.65. The van der Waals surface area contributed by atoms with Crippen LogP contribution in [-0.4, -0.2) is 24.8 Å². The molecule has 0 saturated carbocycles. The van der Waals surface area contributed by atoms with Gasteiger partial charge in [0, 0.05) is 15.7 Å². The first-order valence-corrected chi connectivity index (χ1v) is 8.44. The van der Waals surface area contributed by atoms with Crippen molar-refractivity contribution < 1.29 is 32.2 Å². The van der Waals surface area contributed by atoms with Crippen LogP contribution >= 0.6 is 15.9 Å². The summed E-state index contributed by atoms with van der Waals surface area (Å²) in [5.41, 5.74) is 1.42. The number of halogens is 4. The zero-order chi connectivity index (χ0) is 20.3. The lowest BCUT2D eigenvalue weighted by Gasteiger charge is -2.09. The smallest absolute Gasteiger partial charge is 0.416 e. The van der Waals surface area contributed by atoms with Crippen molar-refractivity contribution in [2.45, 2.75) is 6.18 Å². The molecule has 0 fully saturated rings. The normalized spacial score (nSPS) is 12.9. The molecule has 1 aliphatic heterocycles. The van der Waals surface area contributed by atoms with Crippen molar-refractivity contribution in [2.24, 2.45) is 5.10 Å². The Morgan fingerprint density at radius 2 is 1.82 bits per heavy atom. The van der Waals surface area contributed by atoms with Crippen molar-refractivity contribution in [3.63, 3.8) is 0 Å². The molecule has 0 unspecified atom stereocenters. The summed E-state index contributed by atoms with van der Waals surface area (Å²) in [6.07, 6.45) is -3.30. The predicted octanol–water partition coefficient (Wildman–Crippen LogP) is 3.29. The van der Waals surface area contributed by atoms with Gasteiger partial charge in [-0.15, -0.1) is 0 Å². The van der Waals surface area contributed by atoms with E-state index < -0.39 is 23.6 Å². The van der Waals surface area contributed by atoms with Crippen molar-refractivity contribution in [3.8, 4) is 11.5 Å². The maximum Gasteiger partial charge on any atom is 0.416 e. The Labute approximate surface area is 164 Å². The molecule has 11 heteroatoms. The number of nitrogens with one attached hydrogen (secondary N) is 2. The molecule has 2 amide bonds. The minimum absolute atomic E-state index is 0.0921. The summed E-state index contributed by atoms with van der Waals surface area (Å²) in [6, 6.07) is 7.19. The van der Waals surface area contributed by atoms with Crippen molar-refractivity contribution in [1.29, 1.82) is 0 Å². The Balaban J connectivity index is 1.61. The molecule has 2 N–H and O–H groups in total. The zero-order valence-corrected chi connectivity index (χ0v) is 15.4. The van der Waals surface area contributed by atoms with E-state index in [4.69, 9.17) is 9.47 Å². The summed E-state index contributed by atoms with van der Waals surface area (Å²) >= 11 is 3.30. The summed E-state index contributed by atoms with van der Waals surface area (Å²) in [5.74, 6) is -1.27. The third kappa shape index (κ3) is 4.60. The van der Waals surface area contributed by atoms with Gasteiger partial charge < -0.3 is 14.8 Å². The molecule has 7 nitrogen and oxygen atoms in total. The van der Waals surface area contributed by atoms with Crippen molar-refractivity contribution in [1.82, 2.24) is 5.43 Å². The van der Waals surface area contributed by atoms with Crippen molar-refractivity contribution in [3.05, 3.63) is 52.0 Å². The molecule has 2 aromatic rings. The fraction of sp³-hybridized carbons (Fsp3) is 0.118. The second kappa shape index (κ2) is 7.89. The van der Waals surface area contributed by atoms with Crippen molar-refractivity contribution >= 4 is 39.6 Å². The number of fused-ring (bicyclic) bond motifs is 1. The molecule has 0 saturated heterocycles. The molecule has 0 bridgehead atoms. The second-order valence-electron chi connectivity index (χ2n) is 5.46. The van der Waals surface area contributed by atoms with Gasteiger partial charge in [0.15, 0.2) is 11.5 Å². The van der Waals surface area contributed by atoms with E-state index >= 15 is 0 Å². The van der Waals surface area contributed by atoms with Gasteiger partial charge in [0.25, 0.3) is 0 Å². The molecule has 2 aromatic carbocycles. The minimum Gasteiger partial charge on any atom is -0.454 e. The van der Waals surface area contributed by atoms with Crippen molar-refractivity contribution in [2.75, 3.05) is 12.1 Å². The summed E-state index contributed by atoms with van der Waals surface area (Å²) in [5, 5.41) is 5.73. The zero-order valence-electron chi connectivity index (χ0n) is 13.8. The predicted molar refractivity (Wildman–Crippen MR) is 96.1 cm³/mol. The molecule has 0 atom stereocenters. The van der Waals surface area contributed by atoms with E-state index in [2.05, 4.69) is 26.3 Å². The topological polar surface area (TPSA) is 89.0 Å². The van der Waals surface area contributed by atoms with E-state index in [9.17, 15) is 22.8 Å². The van der Waals surface area contributed by atoms with E-state index in [1.54, 1.807) is 12.1 Å². The number of hydrazone groups is 1. The summed E-state index contributed by atoms with van der Waals surface area (Å²) < 4.78 is 49.1. The molecule has 0 radical (unpaired) electrons. The number of carbonyl (C=O) groups is 2. The molecule has 0 aliphatic carbocycles. The van der Waals surface area contributed by atoms with Crippen LogP contribution < -0.4 is 20.2 Å². The molecule has 1 aliphatic rings. The van der Waals surface area contributed by atoms with Gasteiger partial charge in [0.2, 0.25) is 6.79 Å². The van der Waals surface area contributed by atoms with E-state index in [-0.39, 0.29) is 12.5 Å². The van der Waals surface area contributed by atoms with Gasteiger partial charge in [-0.05, 0) is 46.3 Å². The Bertz CT molecular complexity index is 963. The van der Waals surface area contributed by atoms with Crippen LogP contribution in [0.1, 0.15) is 11.1 Å². The standard InChI is InChI=1S/C17H11BrF3N3O4/c18-12-6-14-13(27-8-28-14)4-9(12)7-22-24-16(26)15(25)23-11-3-1-2-10(5-11)17(19,20)21/h1-7H,8H2,(H,23,25)(H,24,26). The van der Waals surface area contributed by atoms with Gasteiger partial charge >= 0.3 is 18.0 Å². The summed E-state index contributed by atoms with van der Waals surface area (Å²) in [7, 11) is 0. The highest BCUT2D eigenvalue weighted by Gasteiger charge is 2.30. The van der Waals surface area contributed by atoms with Crippen LogP contribution in [0.4, 0.5) is 18.9 Å². The van der Waals surface area contributed by atoms with Crippen LogP contribution in [0.2, 0.25) is 0 Å². The SMILES string of the molecule is O=C(NN=Cc1cc2c(cc1Br)OCO2)C(=O)Nc1cccc(C(F)(F)F)c1. The van der Waals surface area contributed by atoms with E-state index in [0.29, 0.717) is 21.5 Å². The van der Waals surface area contributed by atoms with Gasteiger partial charge in [-0.25, -0.2) is 5.43 Å². The van der Waals surface area contributed by atoms with E-state index in [1.807, 2.05) is 5.43 Å². The average molecular weight is 458 g/mol. The number of nitrogens with zero attached hydrogens (tertiary/aromatic N) is 1.